The summed E-state index contributed by atoms with van der Waals surface area (Å²) >= 11 is 0. The number of fused-ring (bicyclic) bond motifs is 1. The highest BCUT2D eigenvalue weighted by Crippen LogP contribution is 2.30. The van der Waals surface area contributed by atoms with E-state index in [-0.39, 0.29) is 10.8 Å². The lowest BCUT2D eigenvalue weighted by Gasteiger charge is -2.12. The van der Waals surface area contributed by atoms with Crippen molar-refractivity contribution in [2.24, 2.45) is 0 Å². The molecule has 0 spiro atoms. The highest BCUT2D eigenvalue weighted by atomic mass is 32.2. The molecule has 0 unspecified atom stereocenters. The number of anilines is 1. The van der Waals surface area contributed by atoms with Crippen LogP contribution in [0.4, 0.5) is 5.88 Å². The minimum absolute atomic E-state index is 0.124. The molecule has 2 aromatic carbocycles. The average Bonchev–Trinajstić information content (AvgIpc) is 3.44. The van der Waals surface area contributed by atoms with Gasteiger partial charge in [-0.3, -0.25) is 4.68 Å². The summed E-state index contributed by atoms with van der Waals surface area (Å²) < 4.78 is 37.8. The SMILES string of the molecule is Cc1nc2c(C)cn(Cc3ccc(-c4ccccc4S(=O)(=O)Nc4onc(C)c4C)cc3)n2n1. The first-order valence-electron chi connectivity index (χ1n) is 10.8. The maximum atomic E-state index is 13.2. The molecule has 9 nitrogen and oxygen atoms in total. The van der Waals surface area contributed by atoms with Crippen molar-refractivity contribution in [1.29, 1.82) is 0 Å². The predicted octanol–water partition coefficient (Wildman–Crippen LogP) is 4.27. The summed E-state index contributed by atoms with van der Waals surface area (Å²) in [5, 5.41) is 8.29. The van der Waals surface area contributed by atoms with Crippen LogP contribution in [0.5, 0.6) is 0 Å². The number of hydrogen-bond donors (Lipinski definition) is 1. The Balaban J connectivity index is 1.44. The molecule has 0 aliphatic carbocycles. The second-order valence-electron chi connectivity index (χ2n) is 8.30. The summed E-state index contributed by atoms with van der Waals surface area (Å²) in [5.41, 5.74) is 5.64. The van der Waals surface area contributed by atoms with Crippen LogP contribution in [0.15, 0.2) is 64.1 Å². The maximum absolute atomic E-state index is 13.2. The zero-order valence-electron chi connectivity index (χ0n) is 19.3. The molecule has 3 aromatic heterocycles. The fourth-order valence-corrected chi connectivity index (χ4v) is 5.16. The molecule has 0 aliphatic heterocycles. The van der Waals surface area contributed by atoms with E-state index in [9.17, 15) is 8.42 Å². The van der Waals surface area contributed by atoms with Crippen LogP contribution in [0, 0.1) is 27.7 Å². The van der Waals surface area contributed by atoms with Gasteiger partial charge >= 0.3 is 0 Å². The van der Waals surface area contributed by atoms with Gasteiger partial charge in [0.25, 0.3) is 10.0 Å². The van der Waals surface area contributed by atoms with Gasteiger partial charge in [0.15, 0.2) is 5.65 Å². The van der Waals surface area contributed by atoms with Gasteiger partial charge in [-0.1, -0.05) is 47.6 Å². The summed E-state index contributed by atoms with van der Waals surface area (Å²) in [6, 6.07) is 14.7. The van der Waals surface area contributed by atoms with E-state index in [0.717, 1.165) is 28.2 Å². The Kier molecular flexibility index (Phi) is 5.24. The molecular weight excluding hydrogens is 452 g/mol. The number of nitrogens with one attached hydrogen (secondary N) is 1. The van der Waals surface area contributed by atoms with Gasteiger partial charge in [-0.05, 0) is 44.9 Å². The minimum Gasteiger partial charge on any atom is -0.337 e. The standard InChI is InChI=1S/C24H24N6O3S/c1-15-13-29(30-23(15)25-18(4)26-30)14-19-9-11-20(12-10-19)21-7-5-6-8-22(21)34(31,32)28-24-16(2)17(3)27-33-24/h5-13,28H,14H2,1-4H3. The van der Waals surface area contributed by atoms with Crippen molar-refractivity contribution in [2.45, 2.75) is 39.1 Å². The lowest BCUT2D eigenvalue weighted by Crippen LogP contribution is -2.14. The van der Waals surface area contributed by atoms with Crippen LogP contribution in [-0.2, 0) is 16.6 Å². The second-order valence-corrected chi connectivity index (χ2v) is 9.95. The van der Waals surface area contributed by atoms with Gasteiger partial charge in [0, 0.05) is 22.9 Å². The molecule has 3 heterocycles. The van der Waals surface area contributed by atoms with Crippen molar-refractivity contribution in [3.8, 4) is 11.1 Å². The van der Waals surface area contributed by atoms with Gasteiger partial charge in [-0.2, -0.15) is 4.63 Å². The lowest BCUT2D eigenvalue weighted by molar-refractivity contribution is 0.430. The lowest BCUT2D eigenvalue weighted by atomic mass is 10.0. The highest BCUT2D eigenvalue weighted by molar-refractivity contribution is 7.92. The van der Waals surface area contributed by atoms with E-state index in [4.69, 9.17) is 4.52 Å². The number of benzene rings is 2. The van der Waals surface area contributed by atoms with Gasteiger partial charge < -0.3 is 4.52 Å². The van der Waals surface area contributed by atoms with Crippen molar-refractivity contribution < 1.29 is 12.9 Å². The van der Waals surface area contributed by atoms with E-state index in [0.29, 0.717) is 23.4 Å². The molecule has 0 aliphatic rings. The Bertz CT molecular complexity index is 1610. The van der Waals surface area contributed by atoms with Crippen LogP contribution in [0.3, 0.4) is 0 Å². The number of rotatable bonds is 6. The third kappa shape index (κ3) is 3.86. The molecule has 0 bridgehead atoms. The molecule has 5 rings (SSSR count). The first-order chi connectivity index (χ1) is 16.2. The molecule has 0 saturated carbocycles. The number of hydrogen-bond acceptors (Lipinski definition) is 6. The number of aromatic nitrogens is 5. The zero-order valence-corrected chi connectivity index (χ0v) is 20.1. The van der Waals surface area contributed by atoms with Gasteiger partial charge in [0.1, 0.15) is 5.82 Å². The van der Waals surface area contributed by atoms with E-state index < -0.39 is 10.0 Å². The van der Waals surface area contributed by atoms with Crippen molar-refractivity contribution in [3.63, 3.8) is 0 Å². The van der Waals surface area contributed by atoms with Crippen LogP contribution in [-0.4, -0.2) is 33.0 Å². The van der Waals surface area contributed by atoms with Gasteiger partial charge in [-0.15, -0.1) is 5.10 Å². The Morgan fingerprint density at radius 2 is 1.74 bits per heavy atom. The summed E-state index contributed by atoms with van der Waals surface area (Å²) in [5.74, 6) is 0.851. The van der Waals surface area contributed by atoms with E-state index in [1.165, 1.54) is 0 Å². The molecule has 0 fully saturated rings. The summed E-state index contributed by atoms with van der Waals surface area (Å²) in [7, 11) is -3.89. The van der Waals surface area contributed by atoms with Crippen LogP contribution in [0.1, 0.15) is 28.2 Å². The molecular formula is C24H24N6O3S. The largest absolute Gasteiger partial charge is 0.337 e. The molecule has 0 radical (unpaired) electrons. The van der Waals surface area contributed by atoms with Crippen molar-refractivity contribution in [1.82, 2.24) is 24.6 Å². The van der Waals surface area contributed by atoms with Crippen molar-refractivity contribution in [3.05, 3.63) is 82.9 Å². The van der Waals surface area contributed by atoms with Crippen molar-refractivity contribution >= 4 is 21.6 Å². The van der Waals surface area contributed by atoms with Gasteiger partial charge in [0.05, 0.1) is 17.1 Å². The number of sulfonamides is 1. The molecule has 0 amide bonds. The first-order valence-corrected chi connectivity index (χ1v) is 12.2. The van der Waals surface area contributed by atoms with E-state index in [1.54, 1.807) is 36.7 Å². The number of nitrogens with zero attached hydrogens (tertiary/aromatic N) is 5. The van der Waals surface area contributed by atoms with Crippen LogP contribution >= 0.6 is 0 Å². The van der Waals surface area contributed by atoms with Crippen molar-refractivity contribution in [2.75, 3.05) is 4.72 Å². The highest BCUT2D eigenvalue weighted by Gasteiger charge is 2.22. The molecule has 1 N–H and O–H groups in total. The third-order valence-corrected chi connectivity index (χ3v) is 7.19. The second kappa shape index (κ2) is 8.14. The monoisotopic (exact) mass is 476 g/mol. The van der Waals surface area contributed by atoms with Gasteiger partial charge in [-0.25, -0.2) is 18.1 Å². The Morgan fingerprint density at radius 1 is 1.00 bits per heavy atom. The molecule has 10 heteroatoms. The van der Waals surface area contributed by atoms with Crippen LogP contribution in [0.25, 0.3) is 16.8 Å². The topological polar surface area (TPSA) is 107 Å². The summed E-state index contributed by atoms with van der Waals surface area (Å²) in [4.78, 5) is 4.62. The molecule has 0 saturated heterocycles. The number of aryl methyl sites for hydroxylation is 3. The fraction of sp³-hybridized carbons (Fsp3) is 0.208. The fourth-order valence-electron chi connectivity index (χ4n) is 3.88. The van der Waals surface area contributed by atoms with Crippen LogP contribution in [0.2, 0.25) is 0 Å². The van der Waals surface area contributed by atoms with E-state index in [2.05, 4.69) is 20.0 Å². The van der Waals surface area contributed by atoms with E-state index in [1.807, 2.05) is 55.1 Å². The van der Waals surface area contributed by atoms with E-state index >= 15 is 0 Å². The third-order valence-electron chi connectivity index (χ3n) is 5.81. The molecule has 34 heavy (non-hydrogen) atoms. The molecule has 0 atom stereocenters. The van der Waals surface area contributed by atoms with Crippen LogP contribution < -0.4 is 4.72 Å². The van der Waals surface area contributed by atoms with Gasteiger partial charge in [0.2, 0.25) is 5.88 Å². The Hall–Kier alpha value is -3.92. The zero-order chi connectivity index (χ0) is 24.0. The minimum atomic E-state index is -3.89. The summed E-state index contributed by atoms with van der Waals surface area (Å²) in [6.07, 6.45) is 2.02. The Morgan fingerprint density at radius 3 is 2.44 bits per heavy atom. The normalized spacial score (nSPS) is 11.9. The first kappa shape index (κ1) is 21.9. The maximum Gasteiger partial charge on any atom is 0.264 e. The molecule has 174 valence electrons. The quantitative estimate of drug-likeness (QED) is 0.392. The predicted molar refractivity (Wildman–Crippen MR) is 128 cm³/mol. The Labute approximate surface area is 197 Å². The smallest absolute Gasteiger partial charge is 0.264 e. The average molecular weight is 477 g/mol. The molecule has 5 aromatic rings. The summed E-state index contributed by atoms with van der Waals surface area (Å²) in [6.45, 7) is 8.01.